The molecule has 0 saturated heterocycles. The fraction of sp³-hybridized carbons (Fsp3) is 0.667. The van der Waals surface area contributed by atoms with Gasteiger partial charge in [0, 0.05) is 7.05 Å². The van der Waals surface area contributed by atoms with Crippen LogP contribution in [0, 0.1) is 0 Å². The molecule has 0 aromatic carbocycles. The zero-order chi connectivity index (χ0) is 10.1. The minimum absolute atomic E-state index is 0.0676. The summed E-state index contributed by atoms with van der Waals surface area (Å²) in [6.45, 7) is 0. The van der Waals surface area contributed by atoms with E-state index in [1.807, 2.05) is 0 Å². The number of rotatable bonds is 2. The first-order valence-electron chi connectivity index (χ1n) is 3.44. The Balaban J connectivity index is 2.84. The van der Waals surface area contributed by atoms with Crippen LogP contribution in [-0.2, 0) is 18.8 Å². The molecule has 0 atom stereocenters. The van der Waals surface area contributed by atoms with E-state index in [4.69, 9.17) is 0 Å². The molecule has 7 heteroatoms. The molecule has 1 aromatic heterocycles. The van der Waals surface area contributed by atoms with Gasteiger partial charge in [-0.25, -0.2) is 0 Å². The summed E-state index contributed by atoms with van der Waals surface area (Å²) in [5.41, 5.74) is 0. The molecule has 1 heterocycles. The van der Waals surface area contributed by atoms with Gasteiger partial charge < -0.3 is 4.57 Å². The van der Waals surface area contributed by atoms with Crippen LogP contribution in [0.25, 0.3) is 0 Å². The number of nitrogens with zero attached hydrogens (tertiary/aromatic N) is 3. The maximum absolute atomic E-state index is 11.9. The Labute approximate surface area is 81.1 Å². The Morgan fingerprint density at radius 1 is 1.31 bits per heavy atom. The second kappa shape index (κ2) is 3.65. The van der Waals surface area contributed by atoms with E-state index >= 15 is 0 Å². The van der Waals surface area contributed by atoms with Gasteiger partial charge in [-0.15, -0.1) is 10.2 Å². The maximum Gasteiger partial charge on any atom is 0.396 e. The molecule has 1 aromatic rings. The largest absolute Gasteiger partial charge is 0.396 e. The molecule has 0 amide bonds. The molecule has 0 saturated carbocycles. The van der Waals surface area contributed by atoms with E-state index in [2.05, 4.69) is 26.1 Å². The van der Waals surface area contributed by atoms with E-state index in [0.29, 0.717) is 11.2 Å². The summed E-state index contributed by atoms with van der Waals surface area (Å²) in [6.07, 6.45) is -5.27. The number of hydrogen-bond acceptors (Lipinski definition) is 2. The molecular weight excluding hydrogens is 251 g/mol. The molecule has 0 aliphatic carbocycles. The highest BCUT2D eigenvalue weighted by Crippen LogP contribution is 2.20. The summed E-state index contributed by atoms with van der Waals surface area (Å²) in [6, 6.07) is 0. The molecule has 74 valence electrons. The third-order valence-electron chi connectivity index (χ3n) is 1.53. The van der Waals surface area contributed by atoms with Crippen molar-refractivity contribution in [1.82, 2.24) is 14.8 Å². The topological polar surface area (TPSA) is 30.7 Å². The van der Waals surface area contributed by atoms with Crippen LogP contribution in [0.2, 0.25) is 0 Å². The van der Waals surface area contributed by atoms with Crippen molar-refractivity contribution < 1.29 is 13.2 Å². The van der Waals surface area contributed by atoms with Crippen molar-refractivity contribution in [3.05, 3.63) is 11.6 Å². The number of aromatic nitrogens is 3. The molecule has 0 N–H and O–H groups in total. The van der Waals surface area contributed by atoms with Gasteiger partial charge in [0.2, 0.25) is 0 Å². The Hall–Kier alpha value is -0.590. The molecule has 0 unspecified atom stereocenters. The molecule has 0 spiro atoms. The lowest BCUT2D eigenvalue weighted by Gasteiger charge is -2.05. The predicted molar refractivity (Wildman–Crippen MR) is 43.4 cm³/mol. The van der Waals surface area contributed by atoms with Gasteiger partial charge in [-0.1, -0.05) is 15.9 Å². The van der Waals surface area contributed by atoms with Crippen molar-refractivity contribution in [2.45, 2.75) is 17.9 Å². The first-order chi connectivity index (χ1) is 5.94. The zero-order valence-corrected chi connectivity index (χ0v) is 8.35. The van der Waals surface area contributed by atoms with Gasteiger partial charge in [0.15, 0.2) is 0 Å². The van der Waals surface area contributed by atoms with E-state index < -0.39 is 12.6 Å². The summed E-state index contributed by atoms with van der Waals surface area (Å²) >= 11 is 3.10. The molecule has 1 rings (SSSR count). The molecule has 0 aliphatic rings. The van der Waals surface area contributed by atoms with Gasteiger partial charge in [-0.05, 0) is 0 Å². The minimum Gasteiger partial charge on any atom is -0.317 e. The Morgan fingerprint density at radius 3 is 2.23 bits per heavy atom. The maximum atomic E-state index is 11.9. The minimum atomic E-state index is -4.23. The van der Waals surface area contributed by atoms with Crippen LogP contribution < -0.4 is 0 Å². The Morgan fingerprint density at radius 2 is 1.85 bits per heavy atom. The number of alkyl halides is 4. The number of halogens is 4. The summed E-state index contributed by atoms with van der Waals surface area (Å²) < 4.78 is 37.2. The van der Waals surface area contributed by atoms with Crippen LogP contribution in [-0.4, -0.2) is 20.9 Å². The SMILES string of the molecule is Cn1c(CBr)nnc1CC(F)(F)F. The first-order valence-corrected chi connectivity index (χ1v) is 4.56. The molecule has 0 aliphatic heterocycles. The Kier molecular flexibility index (Phi) is 2.94. The summed E-state index contributed by atoms with van der Waals surface area (Å²) in [5, 5.41) is 7.42. The standard InChI is InChI=1S/C6H7BrF3N3/c1-13-4(2-6(8,9)10)11-12-5(13)3-7/h2-3H2,1H3. The van der Waals surface area contributed by atoms with Gasteiger partial charge in [0.1, 0.15) is 18.1 Å². The molecular formula is C6H7BrF3N3. The lowest BCUT2D eigenvalue weighted by atomic mass is 10.4. The molecule has 3 nitrogen and oxygen atoms in total. The summed E-state index contributed by atoms with van der Waals surface area (Å²) in [5.74, 6) is 0.418. The van der Waals surface area contributed by atoms with Crippen LogP contribution in [0.4, 0.5) is 13.2 Å². The second-order valence-electron chi connectivity index (χ2n) is 2.52. The normalized spacial score (nSPS) is 12.1. The Bertz CT molecular complexity index is 294. The van der Waals surface area contributed by atoms with Crippen molar-refractivity contribution in [2.24, 2.45) is 7.05 Å². The van der Waals surface area contributed by atoms with Crippen molar-refractivity contribution in [1.29, 1.82) is 0 Å². The molecule has 0 radical (unpaired) electrons. The third-order valence-corrected chi connectivity index (χ3v) is 2.03. The summed E-state index contributed by atoms with van der Waals surface area (Å²) in [7, 11) is 1.51. The van der Waals surface area contributed by atoms with Crippen LogP contribution >= 0.6 is 15.9 Å². The highest BCUT2D eigenvalue weighted by atomic mass is 79.9. The van der Waals surface area contributed by atoms with Crippen LogP contribution in [0.1, 0.15) is 11.6 Å². The fourth-order valence-electron chi connectivity index (χ4n) is 0.848. The average Bonchev–Trinajstić information content (AvgIpc) is 2.30. The predicted octanol–water partition coefficient (Wildman–Crippen LogP) is 1.81. The van der Waals surface area contributed by atoms with Crippen molar-refractivity contribution in [3.8, 4) is 0 Å². The highest BCUT2D eigenvalue weighted by Gasteiger charge is 2.30. The van der Waals surface area contributed by atoms with Gasteiger partial charge >= 0.3 is 6.18 Å². The van der Waals surface area contributed by atoms with E-state index in [0.717, 1.165) is 0 Å². The first kappa shape index (κ1) is 10.5. The molecule has 0 fully saturated rings. The van der Waals surface area contributed by atoms with Crippen LogP contribution in [0.5, 0.6) is 0 Å². The smallest absolute Gasteiger partial charge is 0.317 e. The van der Waals surface area contributed by atoms with E-state index in [-0.39, 0.29) is 5.82 Å². The molecule has 0 bridgehead atoms. The lowest BCUT2D eigenvalue weighted by molar-refractivity contribution is -0.128. The van der Waals surface area contributed by atoms with E-state index in [1.165, 1.54) is 11.6 Å². The monoisotopic (exact) mass is 257 g/mol. The fourth-order valence-corrected chi connectivity index (χ4v) is 1.34. The summed E-state index contributed by atoms with van der Waals surface area (Å²) in [4.78, 5) is 0. The van der Waals surface area contributed by atoms with Crippen molar-refractivity contribution in [2.75, 3.05) is 0 Å². The zero-order valence-electron chi connectivity index (χ0n) is 6.77. The van der Waals surface area contributed by atoms with Gasteiger partial charge in [-0.3, -0.25) is 0 Å². The van der Waals surface area contributed by atoms with Crippen LogP contribution in [0.15, 0.2) is 0 Å². The van der Waals surface area contributed by atoms with Gasteiger partial charge in [-0.2, -0.15) is 13.2 Å². The lowest BCUT2D eigenvalue weighted by Crippen LogP contribution is -2.15. The van der Waals surface area contributed by atoms with Crippen molar-refractivity contribution in [3.63, 3.8) is 0 Å². The van der Waals surface area contributed by atoms with Crippen LogP contribution in [0.3, 0.4) is 0 Å². The third kappa shape index (κ3) is 2.68. The van der Waals surface area contributed by atoms with Crippen molar-refractivity contribution >= 4 is 15.9 Å². The van der Waals surface area contributed by atoms with E-state index in [9.17, 15) is 13.2 Å². The second-order valence-corrected chi connectivity index (χ2v) is 3.08. The molecule has 13 heavy (non-hydrogen) atoms. The quantitative estimate of drug-likeness (QED) is 0.757. The average molecular weight is 258 g/mol. The van der Waals surface area contributed by atoms with Gasteiger partial charge in [0.25, 0.3) is 0 Å². The number of hydrogen-bond donors (Lipinski definition) is 0. The van der Waals surface area contributed by atoms with Gasteiger partial charge in [0.05, 0.1) is 5.33 Å². The highest BCUT2D eigenvalue weighted by molar-refractivity contribution is 9.08. The van der Waals surface area contributed by atoms with E-state index in [1.54, 1.807) is 0 Å².